The number of nitrogens with zero attached hydrogens (tertiary/aromatic N) is 2. The smallest absolute Gasteiger partial charge is 0.335 e. The van der Waals surface area contributed by atoms with E-state index in [-0.39, 0.29) is 5.56 Å². The molecule has 5 heteroatoms. The zero-order chi connectivity index (χ0) is 14.5. The van der Waals surface area contributed by atoms with Gasteiger partial charge in [-0.05, 0) is 30.3 Å². The van der Waals surface area contributed by atoms with E-state index in [0.717, 1.165) is 11.8 Å². The maximum atomic E-state index is 13.9. The maximum Gasteiger partial charge on any atom is 0.335 e. The van der Waals surface area contributed by atoms with Crippen LogP contribution in [0.15, 0.2) is 42.6 Å². The van der Waals surface area contributed by atoms with Gasteiger partial charge in [-0.1, -0.05) is 6.07 Å². The third-order valence-electron chi connectivity index (χ3n) is 3.04. The molecular formula is C15H15FN2O2. The predicted molar refractivity (Wildman–Crippen MR) is 74.6 cm³/mol. The lowest BCUT2D eigenvalue weighted by atomic mass is 10.2. The molecule has 0 bridgehead atoms. The molecule has 1 heterocycles. The Morgan fingerprint density at radius 2 is 2.15 bits per heavy atom. The zero-order valence-electron chi connectivity index (χ0n) is 11.1. The lowest BCUT2D eigenvalue weighted by Gasteiger charge is -2.19. The summed E-state index contributed by atoms with van der Waals surface area (Å²) in [4.78, 5) is 16.7. The van der Waals surface area contributed by atoms with Crippen molar-refractivity contribution in [3.63, 3.8) is 0 Å². The van der Waals surface area contributed by atoms with Crippen LogP contribution < -0.4 is 4.90 Å². The van der Waals surface area contributed by atoms with Crippen molar-refractivity contribution >= 4 is 11.7 Å². The number of benzene rings is 1. The topological polar surface area (TPSA) is 53.4 Å². The van der Waals surface area contributed by atoms with Gasteiger partial charge in [-0.25, -0.2) is 9.18 Å². The number of carboxylic acid groups (broad SMARTS) is 1. The summed E-state index contributed by atoms with van der Waals surface area (Å²) in [5.41, 5.74) is 1.26. The van der Waals surface area contributed by atoms with Gasteiger partial charge in [0.25, 0.3) is 0 Å². The van der Waals surface area contributed by atoms with Gasteiger partial charge in [-0.3, -0.25) is 4.98 Å². The number of pyridine rings is 1. The Hall–Kier alpha value is -2.43. The van der Waals surface area contributed by atoms with Crippen molar-refractivity contribution in [2.24, 2.45) is 0 Å². The number of rotatable bonds is 5. The largest absolute Gasteiger partial charge is 0.478 e. The van der Waals surface area contributed by atoms with Crippen LogP contribution in [0.1, 0.15) is 16.1 Å². The molecule has 0 aliphatic heterocycles. The van der Waals surface area contributed by atoms with Crippen LogP contribution in [0.25, 0.3) is 0 Å². The quantitative estimate of drug-likeness (QED) is 0.910. The van der Waals surface area contributed by atoms with Crippen LogP contribution in [0.4, 0.5) is 10.1 Å². The first-order chi connectivity index (χ1) is 9.58. The molecule has 0 spiro atoms. The number of aromatic nitrogens is 1. The van der Waals surface area contributed by atoms with Crippen LogP contribution in [0, 0.1) is 5.82 Å². The Kier molecular flexibility index (Phi) is 4.30. The van der Waals surface area contributed by atoms with E-state index in [9.17, 15) is 9.18 Å². The summed E-state index contributed by atoms with van der Waals surface area (Å²) in [6, 6.07) is 9.59. The number of aromatic carboxylic acids is 1. The highest BCUT2D eigenvalue weighted by atomic mass is 19.1. The van der Waals surface area contributed by atoms with E-state index < -0.39 is 11.8 Å². The van der Waals surface area contributed by atoms with Gasteiger partial charge >= 0.3 is 5.97 Å². The Morgan fingerprint density at radius 1 is 1.35 bits per heavy atom. The Bertz CT molecular complexity index is 602. The molecule has 0 amide bonds. The molecule has 2 rings (SSSR count). The normalized spacial score (nSPS) is 10.3. The van der Waals surface area contributed by atoms with Crippen molar-refractivity contribution in [3.05, 3.63) is 59.7 Å². The predicted octanol–water partition coefficient (Wildman–Crippen LogP) is 2.60. The van der Waals surface area contributed by atoms with Crippen LogP contribution in [0.3, 0.4) is 0 Å². The van der Waals surface area contributed by atoms with Crippen LogP contribution in [-0.2, 0) is 6.42 Å². The van der Waals surface area contributed by atoms with Crippen molar-refractivity contribution in [1.29, 1.82) is 0 Å². The van der Waals surface area contributed by atoms with E-state index in [1.807, 2.05) is 18.2 Å². The lowest BCUT2D eigenvalue weighted by Crippen LogP contribution is -2.22. The third-order valence-corrected chi connectivity index (χ3v) is 3.04. The molecule has 4 nitrogen and oxygen atoms in total. The standard InChI is InChI=1S/C15H15FN2O2/c1-18(9-7-12-4-2-3-8-17-12)14-6-5-11(15(19)20)10-13(14)16/h2-6,8,10H,7,9H2,1H3,(H,19,20). The SMILES string of the molecule is CN(CCc1ccccn1)c1ccc(C(=O)O)cc1F. The average molecular weight is 274 g/mol. The Labute approximate surface area is 116 Å². The summed E-state index contributed by atoms with van der Waals surface area (Å²) in [5, 5.41) is 8.80. The average Bonchev–Trinajstić information content (AvgIpc) is 2.45. The molecule has 0 radical (unpaired) electrons. The molecule has 1 N–H and O–H groups in total. The van der Waals surface area contributed by atoms with Gasteiger partial charge < -0.3 is 10.0 Å². The number of halogens is 1. The maximum absolute atomic E-state index is 13.9. The molecular weight excluding hydrogens is 259 g/mol. The van der Waals surface area contributed by atoms with Crippen LogP contribution in [0.5, 0.6) is 0 Å². The molecule has 0 fully saturated rings. The monoisotopic (exact) mass is 274 g/mol. The van der Waals surface area contributed by atoms with Crippen molar-refractivity contribution in [2.75, 3.05) is 18.5 Å². The number of likely N-dealkylation sites (N-methyl/N-ethyl adjacent to an activating group) is 1. The van der Waals surface area contributed by atoms with Crippen LogP contribution in [0.2, 0.25) is 0 Å². The fourth-order valence-corrected chi connectivity index (χ4v) is 1.90. The summed E-state index contributed by atoms with van der Waals surface area (Å²) in [7, 11) is 1.77. The highest BCUT2D eigenvalue weighted by Crippen LogP contribution is 2.19. The van der Waals surface area contributed by atoms with E-state index in [0.29, 0.717) is 18.7 Å². The molecule has 104 valence electrons. The lowest BCUT2D eigenvalue weighted by molar-refractivity contribution is 0.0696. The molecule has 20 heavy (non-hydrogen) atoms. The summed E-state index contributed by atoms with van der Waals surface area (Å²) < 4.78 is 13.9. The second-order valence-electron chi connectivity index (χ2n) is 4.46. The molecule has 1 aromatic heterocycles. The number of hydrogen-bond acceptors (Lipinski definition) is 3. The fraction of sp³-hybridized carbons (Fsp3) is 0.200. The number of anilines is 1. The highest BCUT2D eigenvalue weighted by molar-refractivity contribution is 5.88. The van der Waals surface area contributed by atoms with Crippen molar-refractivity contribution in [3.8, 4) is 0 Å². The van der Waals surface area contributed by atoms with Crippen LogP contribution in [-0.4, -0.2) is 29.7 Å². The van der Waals surface area contributed by atoms with Gasteiger partial charge in [-0.2, -0.15) is 0 Å². The summed E-state index contributed by atoms with van der Waals surface area (Å²) in [5.74, 6) is -1.67. The third kappa shape index (κ3) is 3.32. The second-order valence-corrected chi connectivity index (χ2v) is 4.46. The second kappa shape index (κ2) is 6.14. The number of hydrogen-bond donors (Lipinski definition) is 1. The first kappa shape index (κ1) is 14.0. The molecule has 0 aliphatic rings. The number of carbonyl (C=O) groups is 1. The zero-order valence-corrected chi connectivity index (χ0v) is 11.1. The minimum atomic E-state index is -1.13. The van der Waals surface area contributed by atoms with E-state index in [2.05, 4.69) is 4.98 Å². The minimum Gasteiger partial charge on any atom is -0.478 e. The van der Waals surface area contributed by atoms with Gasteiger partial charge in [-0.15, -0.1) is 0 Å². The summed E-state index contributed by atoms with van der Waals surface area (Å²) in [6.45, 7) is 0.598. The minimum absolute atomic E-state index is 0.0515. The first-order valence-corrected chi connectivity index (χ1v) is 6.22. The molecule has 2 aromatic rings. The van der Waals surface area contributed by atoms with E-state index in [1.54, 1.807) is 18.1 Å². The Morgan fingerprint density at radius 3 is 2.75 bits per heavy atom. The van der Waals surface area contributed by atoms with E-state index >= 15 is 0 Å². The molecule has 0 saturated heterocycles. The summed E-state index contributed by atoms with van der Waals surface area (Å²) in [6.07, 6.45) is 2.41. The van der Waals surface area contributed by atoms with Gasteiger partial charge in [0.15, 0.2) is 0 Å². The highest BCUT2D eigenvalue weighted by Gasteiger charge is 2.11. The van der Waals surface area contributed by atoms with Gasteiger partial charge in [0.05, 0.1) is 11.3 Å². The molecule has 1 aromatic carbocycles. The van der Waals surface area contributed by atoms with Gasteiger partial charge in [0.1, 0.15) is 5.82 Å². The fourth-order valence-electron chi connectivity index (χ4n) is 1.90. The molecule has 0 saturated carbocycles. The van der Waals surface area contributed by atoms with Crippen molar-refractivity contribution in [1.82, 2.24) is 4.98 Å². The van der Waals surface area contributed by atoms with E-state index in [4.69, 9.17) is 5.11 Å². The molecule has 0 unspecified atom stereocenters. The Balaban J connectivity index is 2.06. The molecule has 0 aliphatic carbocycles. The van der Waals surface area contributed by atoms with Gasteiger partial charge in [0, 0.05) is 31.9 Å². The van der Waals surface area contributed by atoms with Gasteiger partial charge in [0.2, 0.25) is 0 Å². The number of carboxylic acids is 1. The first-order valence-electron chi connectivity index (χ1n) is 6.22. The molecule has 0 atom stereocenters. The van der Waals surface area contributed by atoms with Crippen LogP contribution >= 0.6 is 0 Å². The van der Waals surface area contributed by atoms with Crippen molar-refractivity contribution in [2.45, 2.75) is 6.42 Å². The van der Waals surface area contributed by atoms with Crippen molar-refractivity contribution < 1.29 is 14.3 Å². The summed E-state index contributed by atoms with van der Waals surface area (Å²) >= 11 is 0. The van der Waals surface area contributed by atoms with E-state index in [1.165, 1.54) is 12.1 Å².